The van der Waals surface area contributed by atoms with Crippen LogP contribution in [0.15, 0.2) is 24.3 Å². The van der Waals surface area contributed by atoms with Crippen LogP contribution in [0.2, 0.25) is 0 Å². The molecule has 0 aromatic heterocycles. The normalized spacial score (nSPS) is 7.43. The Bertz CT molecular complexity index is 209. The minimum absolute atomic E-state index is 0. The van der Waals surface area contributed by atoms with E-state index in [0.717, 1.165) is 0 Å². The molecule has 0 saturated carbocycles. The van der Waals surface area contributed by atoms with E-state index in [2.05, 4.69) is 45.0 Å². The molecule has 0 fully saturated rings. The van der Waals surface area contributed by atoms with E-state index in [1.165, 1.54) is 11.1 Å². The van der Waals surface area contributed by atoms with E-state index in [4.69, 9.17) is 0 Å². The molecule has 1 rings (SSSR count). The van der Waals surface area contributed by atoms with Crippen LogP contribution in [0.4, 0.5) is 0 Å². The van der Waals surface area contributed by atoms with E-state index in [1.54, 1.807) is 0 Å². The van der Waals surface area contributed by atoms with Crippen molar-refractivity contribution >= 4 is 0 Å². The molecule has 0 amide bonds. The van der Waals surface area contributed by atoms with Gasteiger partial charge in [-0.3, -0.25) is 0 Å². The van der Waals surface area contributed by atoms with Crippen molar-refractivity contribution in [3.63, 3.8) is 0 Å². The molecule has 0 aliphatic heterocycles. The number of rotatable bonds is 1. The average Bonchev–Trinajstić information content (AvgIpc) is 1.88. The topological polar surface area (TPSA) is 0 Å². The van der Waals surface area contributed by atoms with E-state index in [1.807, 2.05) is 0 Å². The van der Waals surface area contributed by atoms with Gasteiger partial charge in [0.25, 0.3) is 0 Å². The Morgan fingerprint density at radius 3 is 1.50 bits per heavy atom. The molecule has 0 aliphatic carbocycles. The molecule has 0 aliphatic rings. The third-order valence-corrected chi connectivity index (χ3v) is 1.74. The molecule has 4 heteroatoms. The zero-order valence-electron chi connectivity index (χ0n) is 8.35. The fourth-order valence-corrected chi connectivity index (χ4v) is 0.951. The summed E-state index contributed by atoms with van der Waals surface area (Å²) in [5.41, 5.74) is 2.76. The van der Waals surface area contributed by atoms with Gasteiger partial charge in [0.2, 0.25) is 0 Å². The first-order valence-electron chi connectivity index (χ1n) is 3.76. The Balaban J connectivity index is -0.000000125. The summed E-state index contributed by atoms with van der Waals surface area (Å²) in [6, 6.07) is 8.71. The van der Waals surface area contributed by atoms with Gasteiger partial charge in [-0.1, -0.05) is 43.7 Å². The Morgan fingerprint density at radius 1 is 0.857 bits per heavy atom. The molecule has 0 heterocycles. The maximum Gasteiger partial charge on any atom is 3.00 e. The molecule has 0 radical (unpaired) electrons. The Morgan fingerprint density at radius 2 is 1.21 bits per heavy atom. The molecule has 84 valence electrons. The molecule has 0 unspecified atom stereocenters. The van der Waals surface area contributed by atoms with Gasteiger partial charge in [0.1, 0.15) is 0 Å². The number of aryl methyl sites for hydroxylation is 1. The maximum atomic E-state index is 2.21. The Hall–Kier alpha value is 0.713. The Kier molecular flexibility index (Phi) is 20.3. The number of halogens is 3. The summed E-state index contributed by atoms with van der Waals surface area (Å²) < 4.78 is 0. The summed E-state index contributed by atoms with van der Waals surface area (Å²) in [7, 11) is 0. The summed E-state index contributed by atoms with van der Waals surface area (Å²) in [5, 5.41) is 0. The third kappa shape index (κ3) is 8.06. The molecule has 0 N–H and O–H groups in total. The molecule has 1 aromatic carbocycles. The first-order chi connectivity index (χ1) is 4.70. The fraction of sp³-hybridized carbons (Fsp3) is 0.400. The molecule has 1 aromatic rings. The third-order valence-electron chi connectivity index (χ3n) is 1.74. The predicted octanol–water partition coefficient (Wildman–Crippen LogP) is -5.87. The summed E-state index contributed by atoms with van der Waals surface area (Å²) in [6.07, 6.45) is 0. The zero-order chi connectivity index (χ0) is 7.56. The van der Waals surface area contributed by atoms with Gasteiger partial charge < -0.3 is 37.2 Å². The molecular weight excluding hydrogens is 329 g/mol. The van der Waals surface area contributed by atoms with Crippen LogP contribution in [-0.4, -0.2) is 0 Å². The van der Waals surface area contributed by atoms with Crippen LogP contribution in [0, 0.1) is 6.92 Å². The first kappa shape index (κ1) is 24.1. The van der Waals surface area contributed by atoms with Gasteiger partial charge in [-0.25, -0.2) is 0 Å². The second kappa shape index (κ2) is 11.8. The van der Waals surface area contributed by atoms with Crippen molar-refractivity contribution < 1.29 is 56.7 Å². The molecule has 0 bridgehead atoms. The molecule has 0 atom stereocenters. The van der Waals surface area contributed by atoms with E-state index in [9.17, 15) is 0 Å². The van der Waals surface area contributed by atoms with Gasteiger partial charge in [-0.15, -0.1) is 0 Å². The van der Waals surface area contributed by atoms with Crippen LogP contribution in [0.3, 0.4) is 0 Å². The van der Waals surface area contributed by atoms with Gasteiger partial charge in [0.15, 0.2) is 0 Å². The van der Waals surface area contributed by atoms with Crippen molar-refractivity contribution in [2.45, 2.75) is 26.7 Å². The largest absolute Gasteiger partial charge is 3.00 e. The minimum Gasteiger partial charge on any atom is -1.00 e. The molecule has 0 nitrogen and oxygen atoms in total. The van der Waals surface area contributed by atoms with Gasteiger partial charge in [-0.2, -0.15) is 0 Å². The Labute approximate surface area is 118 Å². The van der Waals surface area contributed by atoms with E-state index in [-0.39, 0.29) is 56.7 Å². The summed E-state index contributed by atoms with van der Waals surface area (Å²) in [6.45, 7) is 6.54. The molecule has 14 heavy (non-hydrogen) atoms. The van der Waals surface area contributed by atoms with Gasteiger partial charge >= 0.3 is 19.5 Å². The second-order valence-electron chi connectivity index (χ2n) is 3.07. The second-order valence-corrected chi connectivity index (χ2v) is 3.07. The average molecular weight is 343 g/mol. The summed E-state index contributed by atoms with van der Waals surface area (Å²) in [5.74, 6) is 0.653. The molecule has 0 saturated heterocycles. The van der Waals surface area contributed by atoms with E-state index in [0.29, 0.717) is 5.92 Å². The van der Waals surface area contributed by atoms with Crippen LogP contribution in [0.25, 0.3) is 0 Å². The van der Waals surface area contributed by atoms with E-state index < -0.39 is 0 Å². The van der Waals surface area contributed by atoms with Crippen LogP contribution < -0.4 is 37.2 Å². The summed E-state index contributed by atoms with van der Waals surface area (Å²) in [4.78, 5) is 0. The minimum atomic E-state index is 0. The van der Waals surface area contributed by atoms with Crippen LogP contribution >= 0.6 is 0 Å². The molecular formula is C10H14Cl3Rh. The first-order valence-corrected chi connectivity index (χ1v) is 3.76. The van der Waals surface area contributed by atoms with E-state index >= 15 is 0 Å². The maximum absolute atomic E-state index is 2.21. The standard InChI is InChI=1S/C10H14.3ClH.Rh/c1-8(2)10-6-4-9(3)5-7-10;;;;/h4-8H,1-3H3;3*1H;/q;;;;+3/p-3. The number of hydrogen-bond acceptors (Lipinski definition) is 0. The van der Waals surface area contributed by atoms with Gasteiger partial charge in [-0.05, 0) is 18.4 Å². The smallest absolute Gasteiger partial charge is 1.00 e. The zero-order valence-corrected chi connectivity index (χ0v) is 12.3. The predicted molar refractivity (Wildman–Crippen MR) is 45.3 cm³/mol. The SMILES string of the molecule is Cc1ccc(C(C)C)cc1.[Cl-].[Cl-].[Cl-].[Rh+3]. The fourth-order valence-electron chi connectivity index (χ4n) is 0.951. The quantitative estimate of drug-likeness (QED) is 0.446. The van der Waals surface area contributed by atoms with Crippen molar-refractivity contribution in [1.29, 1.82) is 0 Å². The monoisotopic (exact) mass is 342 g/mol. The van der Waals surface area contributed by atoms with Crippen LogP contribution in [0.1, 0.15) is 30.9 Å². The van der Waals surface area contributed by atoms with Crippen LogP contribution in [0.5, 0.6) is 0 Å². The van der Waals surface area contributed by atoms with Gasteiger partial charge in [0, 0.05) is 0 Å². The van der Waals surface area contributed by atoms with Crippen molar-refractivity contribution in [1.82, 2.24) is 0 Å². The van der Waals surface area contributed by atoms with Gasteiger partial charge in [0.05, 0.1) is 0 Å². The van der Waals surface area contributed by atoms with Crippen molar-refractivity contribution in [2.75, 3.05) is 0 Å². The van der Waals surface area contributed by atoms with Crippen molar-refractivity contribution in [3.05, 3.63) is 35.4 Å². The van der Waals surface area contributed by atoms with Crippen molar-refractivity contribution in [2.24, 2.45) is 0 Å². The summed E-state index contributed by atoms with van der Waals surface area (Å²) >= 11 is 0. The van der Waals surface area contributed by atoms with Crippen molar-refractivity contribution in [3.8, 4) is 0 Å². The number of benzene rings is 1. The number of hydrogen-bond donors (Lipinski definition) is 0. The van der Waals surface area contributed by atoms with Crippen LogP contribution in [-0.2, 0) is 19.5 Å². The molecule has 0 spiro atoms.